The van der Waals surface area contributed by atoms with Gasteiger partial charge in [0.2, 0.25) is 0 Å². The number of ether oxygens (including phenoxy) is 1. The van der Waals surface area contributed by atoms with Crippen LogP contribution in [0.4, 0.5) is 0 Å². The molecule has 1 aromatic carbocycles. The minimum Gasteiger partial charge on any atom is -0.373 e. The molecular formula is C12H17NO. The van der Waals surface area contributed by atoms with Crippen molar-refractivity contribution < 1.29 is 4.74 Å². The zero-order chi connectivity index (χ0) is 9.97. The Labute approximate surface area is 85.1 Å². The number of benzene rings is 1. The Balaban J connectivity index is 2.34. The molecule has 1 aliphatic heterocycles. The van der Waals surface area contributed by atoms with Gasteiger partial charge in [-0.3, -0.25) is 0 Å². The number of hydrogen-bond donors (Lipinski definition) is 1. The number of fused-ring (bicyclic) bond motifs is 1. The second-order valence-corrected chi connectivity index (χ2v) is 3.83. The van der Waals surface area contributed by atoms with E-state index in [0.29, 0.717) is 6.54 Å². The molecule has 0 saturated carbocycles. The van der Waals surface area contributed by atoms with Gasteiger partial charge in [0.15, 0.2) is 0 Å². The zero-order valence-electron chi connectivity index (χ0n) is 8.62. The lowest BCUT2D eigenvalue weighted by Crippen LogP contribution is -2.19. The van der Waals surface area contributed by atoms with Crippen molar-refractivity contribution in [3.05, 3.63) is 34.9 Å². The van der Waals surface area contributed by atoms with Gasteiger partial charge in [-0.15, -0.1) is 0 Å². The molecule has 76 valence electrons. The molecule has 2 rings (SSSR count). The average Bonchev–Trinajstić information content (AvgIpc) is 2.20. The van der Waals surface area contributed by atoms with Crippen molar-refractivity contribution in [1.82, 2.24) is 0 Å². The lowest BCUT2D eigenvalue weighted by molar-refractivity contribution is 0.0381. The van der Waals surface area contributed by atoms with Crippen LogP contribution in [0.1, 0.15) is 29.2 Å². The normalized spacial score (nSPS) is 20.6. The van der Waals surface area contributed by atoms with E-state index >= 15 is 0 Å². The van der Waals surface area contributed by atoms with E-state index in [0.717, 1.165) is 19.4 Å². The van der Waals surface area contributed by atoms with Gasteiger partial charge in [-0.05, 0) is 43.0 Å². The third-order valence-electron chi connectivity index (χ3n) is 2.89. The summed E-state index contributed by atoms with van der Waals surface area (Å²) in [6, 6.07) is 6.44. The predicted octanol–water partition coefficient (Wildman–Crippen LogP) is 1.96. The van der Waals surface area contributed by atoms with E-state index in [1.165, 1.54) is 16.7 Å². The molecule has 0 unspecified atom stereocenters. The van der Waals surface area contributed by atoms with Gasteiger partial charge in [-0.1, -0.05) is 18.2 Å². The monoisotopic (exact) mass is 191 g/mol. The molecule has 1 aliphatic rings. The number of rotatable bonds is 2. The van der Waals surface area contributed by atoms with Crippen LogP contribution in [-0.2, 0) is 11.2 Å². The average molecular weight is 191 g/mol. The van der Waals surface area contributed by atoms with Crippen molar-refractivity contribution in [3.8, 4) is 0 Å². The zero-order valence-corrected chi connectivity index (χ0v) is 8.62. The number of aryl methyl sites for hydroxylation is 1. The fourth-order valence-corrected chi connectivity index (χ4v) is 2.15. The molecule has 2 N–H and O–H groups in total. The van der Waals surface area contributed by atoms with Crippen LogP contribution in [0, 0.1) is 6.92 Å². The van der Waals surface area contributed by atoms with Crippen LogP contribution in [-0.4, -0.2) is 13.2 Å². The van der Waals surface area contributed by atoms with Crippen molar-refractivity contribution in [2.45, 2.75) is 25.9 Å². The third kappa shape index (κ3) is 1.68. The summed E-state index contributed by atoms with van der Waals surface area (Å²) in [6.45, 7) is 3.70. The molecule has 0 fully saturated rings. The standard InChI is InChI=1S/C12H17NO/c1-9-3-2-4-11-10(9)6-8-14-12(11)5-7-13/h2-4,12H,5-8,13H2,1H3/t12-/m0/s1. The van der Waals surface area contributed by atoms with Crippen molar-refractivity contribution in [1.29, 1.82) is 0 Å². The highest BCUT2D eigenvalue weighted by Crippen LogP contribution is 2.30. The maximum Gasteiger partial charge on any atom is 0.0839 e. The summed E-state index contributed by atoms with van der Waals surface area (Å²) in [7, 11) is 0. The smallest absolute Gasteiger partial charge is 0.0839 e. The van der Waals surface area contributed by atoms with Crippen molar-refractivity contribution in [3.63, 3.8) is 0 Å². The van der Waals surface area contributed by atoms with E-state index in [9.17, 15) is 0 Å². The first kappa shape index (κ1) is 9.69. The molecular weight excluding hydrogens is 174 g/mol. The van der Waals surface area contributed by atoms with E-state index in [4.69, 9.17) is 10.5 Å². The number of nitrogens with two attached hydrogens (primary N) is 1. The van der Waals surface area contributed by atoms with Gasteiger partial charge in [0, 0.05) is 0 Å². The van der Waals surface area contributed by atoms with Gasteiger partial charge >= 0.3 is 0 Å². The van der Waals surface area contributed by atoms with E-state index in [2.05, 4.69) is 25.1 Å². The second-order valence-electron chi connectivity index (χ2n) is 3.83. The third-order valence-corrected chi connectivity index (χ3v) is 2.89. The van der Waals surface area contributed by atoms with Crippen molar-refractivity contribution >= 4 is 0 Å². The van der Waals surface area contributed by atoms with Gasteiger partial charge in [-0.25, -0.2) is 0 Å². The Morgan fingerprint density at radius 2 is 2.36 bits per heavy atom. The highest BCUT2D eigenvalue weighted by molar-refractivity contribution is 5.37. The van der Waals surface area contributed by atoms with Crippen molar-refractivity contribution in [2.75, 3.05) is 13.2 Å². The van der Waals surface area contributed by atoms with Gasteiger partial charge in [0.05, 0.1) is 12.7 Å². The fraction of sp³-hybridized carbons (Fsp3) is 0.500. The first-order valence-corrected chi connectivity index (χ1v) is 5.23. The Bertz CT molecular complexity index is 322. The second kappa shape index (κ2) is 4.11. The van der Waals surface area contributed by atoms with Crippen LogP contribution < -0.4 is 5.73 Å². The van der Waals surface area contributed by atoms with Gasteiger partial charge in [-0.2, -0.15) is 0 Å². The first-order chi connectivity index (χ1) is 6.83. The van der Waals surface area contributed by atoms with Crippen LogP contribution in [0.15, 0.2) is 18.2 Å². The quantitative estimate of drug-likeness (QED) is 0.775. The SMILES string of the molecule is Cc1cccc2c1CCO[C@H]2CCN. The highest BCUT2D eigenvalue weighted by Gasteiger charge is 2.20. The molecule has 0 amide bonds. The summed E-state index contributed by atoms with van der Waals surface area (Å²) in [4.78, 5) is 0. The summed E-state index contributed by atoms with van der Waals surface area (Å²) in [5.41, 5.74) is 9.78. The lowest BCUT2D eigenvalue weighted by atomic mass is 9.92. The molecule has 0 aliphatic carbocycles. The summed E-state index contributed by atoms with van der Waals surface area (Å²) in [5, 5.41) is 0. The van der Waals surface area contributed by atoms with Crippen LogP contribution in [0.3, 0.4) is 0 Å². The van der Waals surface area contributed by atoms with E-state index in [-0.39, 0.29) is 6.10 Å². The molecule has 2 heteroatoms. The Morgan fingerprint density at radius 1 is 1.50 bits per heavy atom. The topological polar surface area (TPSA) is 35.2 Å². The molecule has 1 atom stereocenters. The molecule has 0 radical (unpaired) electrons. The Hall–Kier alpha value is -0.860. The molecule has 0 saturated heterocycles. The Kier molecular flexibility index (Phi) is 2.85. The number of hydrogen-bond acceptors (Lipinski definition) is 2. The molecule has 2 nitrogen and oxygen atoms in total. The van der Waals surface area contributed by atoms with E-state index in [1.807, 2.05) is 0 Å². The minimum atomic E-state index is 0.226. The van der Waals surface area contributed by atoms with Crippen LogP contribution in [0.5, 0.6) is 0 Å². The summed E-state index contributed by atoms with van der Waals surface area (Å²) in [6.07, 6.45) is 2.20. The maximum atomic E-state index is 5.72. The first-order valence-electron chi connectivity index (χ1n) is 5.23. The summed E-state index contributed by atoms with van der Waals surface area (Å²) in [5.74, 6) is 0. The lowest BCUT2D eigenvalue weighted by Gasteiger charge is -2.27. The minimum absolute atomic E-state index is 0.226. The fourth-order valence-electron chi connectivity index (χ4n) is 2.15. The molecule has 1 aromatic rings. The molecule has 1 heterocycles. The van der Waals surface area contributed by atoms with Gasteiger partial charge in [0.1, 0.15) is 0 Å². The Morgan fingerprint density at radius 3 is 3.14 bits per heavy atom. The largest absolute Gasteiger partial charge is 0.373 e. The summed E-state index contributed by atoms with van der Waals surface area (Å²) >= 11 is 0. The molecule has 0 spiro atoms. The maximum absolute atomic E-state index is 5.72. The highest BCUT2D eigenvalue weighted by atomic mass is 16.5. The van der Waals surface area contributed by atoms with Crippen LogP contribution in [0.25, 0.3) is 0 Å². The van der Waals surface area contributed by atoms with Crippen molar-refractivity contribution in [2.24, 2.45) is 5.73 Å². The van der Waals surface area contributed by atoms with Gasteiger partial charge in [0.25, 0.3) is 0 Å². The van der Waals surface area contributed by atoms with Gasteiger partial charge < -0.3 is 10.5 Å². The van der Waals surface area contributed by atoms with Crippen LogP contribution >= 0.6 is 0 Å². The van der Waals surface area contributed by atoms with E-state index in [1.54, 1.807) is 0 Å². The van der Waals surface area contributed by atoms with Crippen LogP contribution in [0.2, 0.25) is 0 Å². The molecule has 14 heavy (non-hydrogen) atoms. The van der Waals surface area contributed by atoms with E-state index < -0.39 is 0 Å². The summed E-state index contributed by atoms with van der Waals surface area (Å²) < 4.78 is 5.72. The molecule has 0 bridgehead atoms. The predicted molar refractivity (Wildman–Crippen MR) is 57.2 cm³/mol. The molecule has 0 aromatic heterocycles.